The van der Waals surface area contributed by atoms with Gasteiger partial charge in [-0.2, -0.15) is 0 Å². The molecule has 0 unspecified atom stereocenters. The van der Waals surface area contributed by atoms with Crippen LogP contribution in [0.2, 0.25) is 0 Å². The number of rotatable bonds is 3. The molecule has 0 radical (unpaired) electrons. The van der Waals surface area contributed by atoms with Crippen molar-refractivity contribution in [1.29, 1.82) is 0 Å². The zero-order chi connectivity index (χ0) is 15.6. The minimum absolute atomic E-state index is 0.0806. The van der Waals surface area contributed by atoms with Gasteiger partial charge in [-0.25, -0.2) is 4.79 Å². The summed E-state index contributed by atoms with van der Waals surface area (Å²) in [5.74, 6) is 3.47. The third kappa shape index (κ3) is 2.13. The summed E-state index contributed by atoms with van der Waals surface area (Å²) in [4.78, 5) is 12.2. The van der Waals surface area contributed by atoms with Gasteiger partial charge in [-0.3, -0.25) is 5.32 Å². The van der Waals surface area contributed by atoms with Gasteiger partial charge < -0.3 is 14.2 Å². The highest BCUT2D eigenvalue weighted by Crippen LogP contribution is 2.64. The molecule has 5 nitrogen and oxygen atoms in total. The molecule has 1 amide bonds. The predicted molar refractivity (Wildman–Crippen MR) is 83.4 cm³/mol. The van der Waals surface area contributed by atoms with E-state index < -0.39 is 0 Å². The van der Waals surface area contributed by atoms with E-state index in [0.717, 1.165) is 29.7 Å². The number of hydrogen-bond donors (Lipinski definition) is 1. The molecule has 2 bridgehead atoms. The van der Waals surface area contributed by atoms with Crippen molar-refractivity contribution in [2.45, 2.75) is 37.6 Å². The maximum absolute atomic E-state index is 12.2. The summed E-state index contributed by atoms with van der Waals surface area (Å²) in [6.07, 6.45) is 4.18. The van der Waals surface area contributed by atoms with Crippen molar-refractivity contribution in [2.24, 2.45) is 23.7 Å². The molecular formula is C18H21NO4. The van der Waals surface area contributed by atoms with Crippen LogP contribution in [0.3, 0.4) is 0 Å². The van der Waals surface area contributed by atoms with E-state index in [1.807, 2.05) is 24.3 Å². The quantitative estimate of drug-likeness (QED) is 0.871. The number of benzene rings is 1. The topological polar surface area (TPSA) is 60.1 Å². The van der Waals surface area contributed by atoms with Crippen molar-refractivity contribution in [3.05, 3.63) is 24.3 Å². The fraction of sp³-hybridized carbons (Fsp3) is 0.611. The normalized spacial score (nSPS) is 42.0. The number of methoxy groups -OCH3 is 1. The van der Waals surface area contributed by atoms with Gasteiger partial charge in [0.25, 0.3) is 0 Å². The van der Waals surface area contributed by atoms with Crippen molar-refractivity contribution in [1.82, 2.24) is 0 Å². The molecule has 4 aliphatic rings. The SMILES string of the molecule is COc1ccc(NC(=O)O[C@@H]2C[C@@H]3C[C@@H]2[C@H]2C[C@H]4O[C@@H]4[C@H]32)cc1. The zero-order valence-electron chi connectivity index (χ0n) is 13.1. The van der Waals surface area contributed by atoms with Crippen molar-refractivity contribution < 1.29 is 19.0 Å². The first kappa shape index (κ1) is 13.7. The Morgan fingerprint density at radius 2 is 2.00 bits per heavy atom. The van der Waals surface area contributed by atoms with Gasteiger partial charge in [-0.05, 0) is 67.2 Å². The highest BCUT2D eigenvalue weighted by atomic mass is 16.6. The number of hydrogen-bond acceptors (Lipinski definition) is 4. The van der Waals surface area contributed by atoms with Gasteiger partial charge in [0.15, 0.2) is 0 Å². The monoisotopic (exact) mass is 315 g/mol. The van der Waals surface area contributed by atoms with E-state index in [9.17, 15) is 4.79 Å². The molecule has 23 heavy (non-hydrogen) atoms. The third-order valence-electron chi connectivity index (χ3n) is 6.28. The molecule has 7 atom stereocenters. The van der Waals surface area contributed by atoms with E-state index in [4.69, 9.17) is 14.2 Å². The summed E-state index contributed by atoms with van der Waals surface area (Å²) in [5.41, 5.74) is 0.729. The summed E-state index contributed by atoms with van der Waals surface area (Å²) in [6, 6.07) is 7.28. The molecular weight excluding hydrogens is 294 g/mol. The molecule has 1 heterocycles. The van der Waals surface area contributed by atoms with Crippen LogP contribution in [-0.2, 0) is 9.47 Å². The number of amides is 1. The molecule has 5 heteroatoms. The molecule has 4 fully saturated rings. The molecule has 1 aliphatic heterocycles. The number of anilines is 1. The molecule has 5 rings (SSSR count). The molecule has 0 aromatic heterocycles. The maximum atomic E-state index is 12.2. The van der Waals surface area contributed by atoms with E-state index in [0.29, 0.717) is 24.0 Å². The van der Waals surface area contributed by atoms with Crippen molar-refractivity contribution in [3.8, 4) is 5.75 Å². The number of carbonyl (C=O) groups is 1. The van der Waals surface area contributed by atoms with Crippen LogP contribution in [-0.4, -0.2) is 31.5 Å². The molecule has 1 saturated heterocycles. The number of carbonyl (C=O) groups excluding carboxylic acids is 1. The molecule has 3 saturated carbocycles. The van der Waals surface area contributed by atoms with Crippen molar-refractivity contribution in [2.75, 3.05) is 12.4 Å². The van der Waals surface area contributed by atoms with Gasteiger partial charge in [-0.1, -0.05) is 0 Å². The second-order valence-corrected chi connectivity index (χ2v) is 7.31. The lowest BCUT2D eigenvalue weighted by Crippen LogP contribution is -2.35. The second-order valence-electron chi connectivity index (χ2n) is 7.31. The Morgan fingerprint density at radius 1 is 1.17 bits per heavy atom. The Morgan fingerprint density at radius 3 is 2.78 bits per heavy atom. The van der Waals surface area contributed by atoms with E-state index in [1.54, 1.807) is 7.11 Å². The third-order valence-corrected chi connectivity index (χ3v) is 6.28. The van der Waals surface area contributed by atoms with Crippen LogP contribution in [0.25, 0.3) is 0 Å². The highest BCUT2D eigenvalue weighted by molar-refractivity contribution is 5.84. The van der Waals surface area contributed by atoms with Crippen LogP contribution < -0.4 is 10.1 Å². The van der Waals surface area contributed by atoms with E-state index in [2.05, 4.69) is 5.32 Å². The maximum Gasteiger partial charge on any atom is 0.411 e. The first-order valence-corrected chi connectivity index (χ1v) is 8.50. The Labute approximate surface area is 135 Å². The van der Waals surface area contributed by atoms with Gasteiger partial charge in [-0.15, -0.1) is 0 Å². The summed E-state index contributed by atoms with van der Waals surface area (Å²) in [7, 11) is 1.62. The first-order valence-electron chi connectivity index (χ1n) is 8.50. The molecule has 3 aliphatic carbocycles. The largest absolute Gasteiger partial charge is 0.497 e. The average Bonchev–Trinajstić information content (AvgIpc) is 2.92. The Balaban J connectivity index is 1.20. The fourth-order valence-electron chi connectivity index (χ4n) is 5.36. The second kappa shape index (κ2) is 4.87. The summed E-state index contributed by atoms with van der Waals surface area (Å²) in [5, 5.41) is 2.82. The van der Waals surface area contributed by atoms with Crippen LogP contribution in [0.4, 0.5) is 10.5 Å². The first-order chi connectivity index (χ1) is 11.2. The molecule has 122 valence electrons. The standard InChI is InChI=1S/C18H21NO4/c1-21-11-4-2-10(3-5-11)19-18(20)23-14-7-9-6-12(14)13-8-15-17(22-15)16(9)13/h2-5,9,12-17H,6-8H2,1H3,(H,19,20)/t9-,12+,13+,14+,15+,16+,17-/m0/s1. The van der Waals surface area contributed by atoms with Crippen LogP contribution in [0, 0.1) is 23.7 Å². The number of fused-ring (bicyclic) bond motifs is 7. The van der Waals surface area contributed by atoms with E-state index in [-0.39, 0.29) is 12.2 Å². The minimum Gasteiger partial charge on any atom is -0.497 e. The number of nitrogens with one attached hydrogen (secondary N) is 1. The average molecular weight is 315 g/mol. The van der Waals surface area contributed by atoms with E-state index >= 15 is 0 Å². The van der Waals surface area contributed by atoms with Crippen LogP contribution in [0.15, 0.2) is 24.3 Å². The Kier molecular flexibility index (Phi) is 2.89. The van der Waals surface area contributed by atoms with Crippen LogP contribution in [0.5, 0.6) is 5.75 Å². The van der Waals surface area contributed by atoms with Gasteiger partial charge in [0, 0.05) is 5.69 Å². The number of epoxide rings is 1. The summed E-state index contributed by atoms with van der Waals surface area (Å²) in [6.45, 7) is 0. The Hall–Kier alpha value is -1.75. The molecule has 1 N–H and O–H groups in total. The van der Waals surface area contributed by atoms with Crippen LogP contribution in [0.1, 0.15) is 19.3 Å². The van der Waals surface area contributed by atoms with Crippen molar-refractivity contribution in [3.63, 3.8) is 0 Å². The number of ether oxygens (including phenoxy) is 3. The lowest BCUT2D eigenvalue weighted by atomic mass is 9.79. The van der Waals surface area contributed by atoms with Crippen LogP contribution >= 0.6 is 0 Å². The minimum atomic E-state index is -0.344. The van der Waals surface area contributed by atoms with Gasteiger partial charge in [0.1, 0.15) is 11.9 Å². The summed E-state index contributed by atoms with van der Waals surface area (Å²) >= 11 is 0. The van der Waals surface area contributed by atoms with Gasteiger partial charge in [0.05, 0.1) is 19.3 Å². The fourth-order valence-corrected chi connectivity index (χ4v) is 5.36. The zero-order valence-corrected chi connectivity index (χ0v) is 13.1. The smallest absolute Gasteiger partial charge is 0.411 e. The van der Waals surface area contributed by atoms with Gasteiger partial charge >= 0.3 is 6.09 Å². The molecule has 1 aromatic carbocycles. The lowest BCUT2D eigenvalue weighted by Gasteiger charge is -2.32. The molecule has 1 aromatic rings. The Bertz CT molecular complexity index is 630. The summed E-state index contributed by atoms with van der Waals surface area (Å²) < 4.78 is 16.6. The predicted octanol–water partition coefficient (Wildman–Crippen LogP) is 3.06. The lowest BCUT2D eigenvalue weighted by molar-refractivity contribution is 0.0251. The highest BCUT2D eigenvalue weighted by Gasteiger charge is 2.67. The van der Waals surface area contributed by atoms with Gasteiger partial charge in [0.2, 0.25) is 0 Å². The van der Waals surface area contributed by atoms with E-state index in [1.165, 1.54) is 12.8 Å². The van der Waals surface area contributed by atoms with Crippen molar-refractivity contribution >= 4 is 11.8 Å². The molecule has 0 spiro atoms.